The van der Waals surface area contributed by atoms with Gasteiger partial charge in [-0.05, 0) is 201 Å². The standard InChI is InChI=1S/C26H23ClN4O5.C26H20N4O5.C26H28N4O4.C25H28N4O5/c1-30(15-17-6-4-3-5-7-17)26(34)35-16-22-24(28-29-31(22)2)18-8-11-20(12-9-18)36-23-14-19(27)10-13-21(23)25(32)33;1-29-25(23-16-30(26(32)35-23)15-18-6-3-2-4-7-18)24(27-28-29)19-10-12-20(13-11-19)34-22-9-5-8-21(14-22)33-17-31;1-30-23(17-27-24(31)15-10-18-6-3-2-4-7-18)25(28-29-30)19-11-13-21(14-12-19)34-22-9-5-8-20(16-22)26(32)33;1-28(15-18-6-3-2-4-7-18)25(32)33-17-20-16-29(27-26-20)21-10-12-22(13-11-21)34-23-9-5-8-19(14-23)24(30)31/h3-14H,15-16H2,1-2H3,(H,32,33);2-14,16-17H,15H2,1H3;2-4,6-7,10-15,20,22H,5,8-9,16-17H2,1H3,(H,27,31)(H,32,33);2-4,6-7,10-13,16,19,23H,5,8-9,14-15,17H2,1H3,(H,30,31)/b;;15-10+;/t;;20-,22-;19-,23-/m..00/s1. The second-order valence-corrected chi connectivity index (χ2v) is 33.0. The van der Waals surface area contributed by atoms with Crippen molar-refractivity contribution in [3.63, 3.8) is 0 Å². The molecule has 17 rings (SSSR count). The van der Waals surface area contributed by atoms with Crippen LogP contribution < -0.4 is 34.8 Å². The Morgan fingerprint density at radius 3 is 1.56 bits per heavy atom. The van der Waals surface area contributed by atoms with Gasteiger partial charge in [-0.2, -0.15) is 0 Å². The van der Waals surface area contributed by atoms with Crippen molar-refractivity contribution in [1.29, 1.82) is 0 Å². The molecule has 2 fully saturated rings. The molecule has 35 nitrogen and oxygen atoms in total. The van der Waals surface area contributed by atoms with Crippen LogP contribution in [0.15, 0.2) is 289 Å². The smallest absolute Gasteiger partial charge is 0.419 e. The largest absolute Gasteiger partial charge is 0.490 e. The molecule has 139 heavy (non-hydrogen) atoms. The first-order valence-electron chi connectivity index (χ1n) is 44.4. The number of hydrogen-bond donors (Lipinski definition) is 4. The molecule has 3 amide bonds. The topological polar surface area (TPSA) is 421 Å². The Morgan fingerprint density at radius 1 is 0.504 bits per heavy atom. The van der Waals surface area contributed by atoms with E-state index in [4.69, 9.17) is 49.2 Å². The summed E-state index contributed by atoms with van der Waals surface area (Å²) in [6.07, 6.45) is 11.5. The van der Waals surface area contributed by atoms with Crippen molar-refractivity contribution < 1.29 is 86.5 Å². The monoisotopic (exact) mass is 1900 g/mol. The third-order valence-electron chi connectivity index (χ3n) is 22.5. The van der Waals surface area contributed by atoms with Gasteiger partial charge in [0.1, 0.15) is 93.2 Å². The van der Waals surface area contributed by atoms with Gasteiger partial charge in [0.05, 0.1) is 60.9 Å². The number of halogens is 1. The fourth-order valence-electron chi connectivity index (χ4n) is 15.3. The summed E-state index contributed by atoms with van der Waals surface area (Å²) in [5, 5.41) is 64.4. The molecule has 0 bridgehead atoms. The van der Waals surface area contributed by atoms with Gasteiger partial charge in [-0.3, -0.25) is 23.7 Å². The normalized spacial score (nSPS) is 14.2. The molecule has 4 atom stereocenters. The number of aromatic carboxylic acids is 1. The lowest BCUT2D eigenvalue weighted by Gasteiger charge is -2.27. The molecule has 0 saturated heterocycles. The fraction of sp³-hybridized carbons (Fsp3) is 0.223. The van der Waals surface area contributed by atoms with Crippen molar-refractivity contribution in [1.82, 2.24) is 79.7 Å². The first-order valence-corrected chi connectivity index (χ1v) is 44.7. The molecular weight excluding hydrogens is 1800 g/mol. The van der Waals surface area contributed by atoms with Crippen LogP contribution in [0.4, 0.5) is 9.59 Å². The quantitative estimate of drug-likeness (QED) is 0.0225. The van der Waals surface area contributed by atoms with Crippen LogP contribution in [0.2, 0.25) is 5.02 Å². The van der Waals surface area contributed by atoms with Crippen molar-refractivity contribution >= 4 is 60.2 Å². The van der Waals surface area contributed by atoms with E-state index in [1.165, 1.54) is 38.6 Å². The van der Waals surface area contributed by atoms with Crippen LogP contribution in [0.25, 0.3) is 57.0 Å². The number of carboxylic acids is 3. The number of nitrogens with zero attached hydrogens (tertiary/aromatic N) is 15. The van der Waals surface area contributed by atoms with Crippen LogP contribution in [0.5, 0.6) is 40.2 Å². The van der Waals surface area contributed by atoms with Gasteiger partial charge >= 0.3 is 35.9 Å². The molecule has 2 aliphatic carbocycles. The third kappa shape index (κ3) is 27.6. The summed E-state index contributed by atoms with van der Waals surface area (Å²) in [6.45, 7) is 1.94. The summed E-state index contributed by atoms with van der Waals surface area (Å²) >= 11 is 6.00. The Morgan fingerprint density at radius 2 is 1.00 bits per heavy atom. The SMILES string of the molecule is CN(Cc1ccccc1)C(=O)OCc1c(-c2ccc(Oc3cc(Cl)ccc3C(=O)O)cc2)nnn1C.CN(Cc1ccccc1)C(=O)OCc1cn(-c2ccc(O[C@H]3CCC[C@H](C(=O)O)C3)cc2)nn1.Cn1nnc(-c2ccc(O[C@H]3CCC[C@H](C(=O)O)C3)cc2)c1CNC(=O)/C=C/c1ccccc1.Cn1nnc(-c2ccc(Oc3cccc(OC=O)c3)cc2)c1-c1cn(Cc2ccccc2)c(=O)o1. The maximum atomic E-state index is 12.5. The minimum Gasteiger partial charge on any atom is -0.490 e. The lowest BCUT2D eigenvalue weighted by atomic mass is 9.87. The molecule has 36 heteroatoms. The number of ether oxygens (including phenoxy) is 7. The van der Waals surface area contributed by atoms with E-state index < -0.39 is 35.9 Å². The zero-order valence-electron chi connectivity index (χ0n) is 76.4. The minimum absolute atomic E-state index is 0.00117. The van der Waals surface area contributed by atoms with E-state index in [1.54, 1.807) is 133 Å². The molecule has 0 aliphatic heterocycles. The van der Waals surface area contributed by atoms with E-state index >= 15 is 0 Å². The summed E-state index contributed by atoms with van der Waals surface area (Å²) in [7, 11) is 8.61. The Bertz CT molecular complexity index is 6760. The van der Waals surface area contributed by atoms with E-state index in [9.17, 15) is 53.7 Å². The average Bonchev–Trinajstić information content (AvgIpc) is 1.63. The molecule has 0 spiro atoms. The number of aryl methyl sites for hydroxylation is 3. The highest BCUT2D eigenvalue weighted by molar-refractivity contribution is 6.30. The van der Waals surface area contributed by atoms with Crippen LogP contribution in [0.1, 0.15) is 101 Å². The predicted octanol–water partition coefficient (Wildman–Crippen LogP) is 17.6. The van der Waals surface area contributed by atoms with Gasteiger partial charge in [0.25, 0.3) is 6.47 Å². The zero-order valence-corrected chi connectivity index (χ0v) is 77.1. The van der Waals surface area contributed by atoms with Crippen molar-refractivity contribution in [2.24, 2.45) is 33.0 Å². The fourth-order valence-corrected chi connectivity index (χ4v) is 15.5. The van der Waals surface area contributed by atoms with Crippen LogP contribution in [-0.2, 0) is 89.2 Å². The number of aliphatic carboxylic acids is 2. The van der Waals surface area contributed by atoms with Crippen molar-refractivity contribution in [3.05, 3.63) is 340 Å². The number of hydrogen-bond acceptors (Lipinski definition) is 24. The predicted molar refractivity (Wildman–Crippen MR) is 511 cm³/mol. The van der Waals surface area contributed by atoms with E-state index in [0.29, 0.717) is 131 Å². The maximum Gasteiger partial charge on any atom is 0.419 e. The van der Waals surface area contributed by atoms with Gasteiger partial charge < -0.3 is 68.0 Å². The molecule has 0 radical (unpaired) electrons. The summed E-state index contributed by atoms with van der Waals surface area (Å²) in [4.78, 5) is 97.1. The first kappa shape index (κ1) is 97.9. The van der Waals surface area contributed by atoms with Gasteiger partial charge in [-0.15, -0.1) is 20.4 Å². The van der Waals surface area contributed by atoms with Gasteiger partial charge in [-0.25, -0.2) is 37.9 Å². The Kier molecular flexibility index (Phi) is 33.6. The Labute approximate surface area is 802 Å². The molecule has 4 N–H and O–H groups in total. The Balaban J connectivity index is 0.000000148. The second-order valence-electron chi connectivity index (χ2n) is 32.6. The molecule has 5 aromatic heterocycles. The molecule has 2 aliphatic rings. The lowest BCUT2D eigenvalue weighted by Crippen LogP contribution is -2.29. The van der Waals surface area contributed by atoms with E-state index in [1.807, 2.05) is 182 Å². The van der Waals surface area contributed by atoms with E-state index in [2.05, 4.69) is 46.6 Å². The van der Waals surface area contributed by atoms with Crippen molar-refractivity contribution in [2.75, 3.05) is 14.1 Å². The molecule has 0 unspecified atom stereocenters. The molecule has 10 aromatic carbocycles. The molecule has 712 valence electrons. The number of nitrogens with one attached hydrogen (secondary N) is 1. The van der Waals surface area contributed by atoms with Gasteiger partial charge in [0.2, 0.25) is 5.91 Å². The lowest BCUT2D eigenvalue weighted by molar-refractivity contribution is -0.144. The third-order valence-corrected chi connectivity index (χ3v) is 22.8. The van der Waals surface area contributed by atoms with E-state index in [-0.39, 0.29) is 61.0 Å². The maximum absolute atomic E-state index is 12.5. The Hall–Kier alpha value is -17.1. The highest BCUT2D eigenvalue weighted by Crippen LogP contribution is 2.37. The van der Waals surface area contributed by atoms with Crippen LogP contribution in [0.3, 0.4) is 0 Å². The number of carbonyl (C=O) groups excluding carboxylic acids is 4. The number of benzene rings is 10. The summed E-state index contributed by atoms with van der Waals surface area (Å²) in [5.74, 6) is -0.129. The van der Waals surface area contributed by atoms with Crippen LogP contribution >= 0.6 is 11.6 Å². The summed E-state index contributed by atoms with van der Waals surface area (Å²) < 4.78 is 52.8. The number of carbonyl (C=O) groups is 7. The zero-order chi connectivity index (χ0) is 97.7. The highest BCUT2D eigenvalue weighted by Gasteiger charge is 2.31. The average molecular weight is 1900 g/mol. The molecule has 2 saturated carbocycles. The van der Waals surface area contributed by atoms with Crippen LogP contribution in [0, 0.1) is 11.8 Å². The van der Waals surface area contributed by atoms with Crippen LogP contribution in [-0.4, -0.2) is 158 Å². The second kappa shape index (κ2) is 47.7. The van der Waals surface area contributed by atoms with Gasteiger partial charge in [-0.1, -0.05) is 160 Å². The summed E-state index contributed by atoms with van der Waals surface area (Å²) in [5.41, 5.74) is 11.4. The van der Waals surface area contributed by atoms with E-state index in [0.717, 1.165) is 76.0 Å². The molecule has 5 heterocycles. The molecular formula is C103H99ClN16O19. The van der Waals surface area contributed by atoms with Gasteiger partial charge in [0, 0.05) is 88.2 Å². The van der Waals surface area contributed by atoms with Crippen molar-refractivity contribution in [2.45, 2.75) is 103 Å². The number of oxazole rings is 1. The van der Waals surface area contributed by atoms with Crippen molar-refractivity contribution in [3.8, 4) is 91.2 Å². The number of aromatic nitrogens is 13. The van der Waals surface area contributed by atoms with Gasteiger partial charge in [0.15, 0.2) is 5.76 Å². The first-order chi connectivity index (χ1) is 67.4. The number of amides is 3. The number of rotatable bonds is 32. The number of carboxylic acid groups (broad SMARTS) is 3. The highest BCUT2D eigenvalue weighted by atomic mass is 35.5. The molecule has 15 aromatic rings. The minimum atomic E-state index is -1.12. The summed E-state index contributed by atoms with van der Waals surface area (Å²) in [6, 6.07) is 78.7.